The molecule has 1 aromatic heterocycles. The predicted molar refractivity (Wildman–Crippen MR) is 141 cm³/mol. The van der Waals surface area contributed by atoms with Crippen molar-refractivity contribution in [3.63, 3.8) is 0 Å². The van der Waals surface area contributed by atoms with Crippen LogP contribution in [0.1, 0.15) is 64.1 Å². The minimum Gasteiger partial charge on any atom is -0.399 e. The Labute approximate surface area is 195 Å². The molecule has 1 aliphatic heterocycles. The molecule has 1 aliphatic rings. The lowest BCUT2D eigenvalue weighted by molar-refractivity contribution is 0.00578. The molecular weight excluding hydrogens is 393 g/mol. The molecule has 0 saturated carbocycles. The number of benzene rings is 1. The third kappa shape index (κ3) is 4.92. The summed E-state index contributed by atoms with van der Waals surface area (Å²) in [7, 11) is -0.396. The largest absolute Gasteiger partial charge is 0.494 e. The maximum absolute atomic E-state index is 6.27. The van der Waals surface area contributed by atoms with Gasteiger partial charge in [-0.1, -0.05) is 63.4 Å². The van der Waals surface area contributed by atoms with Gasteiger partial charge in [0.25, 0.3) is 0 Å². The van der Waals surface area contributed by atoms with E-state index >= 15 is 0 Å². The summed E-state index contributed by atoms with van der Waals surface area (Å²) < 4.78 is 14.8. The van der Waals surface area contributed by atoms with Gasteiger partial charge >= 0.3 is 7.12 Å². The molecule has 2 aromatic rings. The van der Waals surface area contributed by atoms with Gasteiger partial charge in [0.2, 0.25) is 0 Å². The molecule has 3 rings (SSSR count). The van der Waals surface area contributed by atoms with Crippen LogP contribution in [0.25, 0.3) is 17.8 Å². The summed E-state index contributed by atoms with van der Waals surface area (Å²) in [6, 6.07) is 8.39. The smallest absolute Gasteiger partial charge is 0.399 e. The van der Waals surface area contributed by atoms with E-state index in [9.17, 15) is 0 Å². The van der Waals surface area contributed by atoms with Crippen molar-refractivity contribution < 1.29 is 9.31 Å². The zero-order valence-electron chi connectivity index (χ0n) is 21.0. The van der Waals surface area contributed by atoms with E-state index in [1.54, 1.807) is 12.2 Å². The normalized spacial score (nSPS) is 16.9. The van der Waals surface area contributed by atoms with Gasteiger partial charge in [0.1, 0.15) is 0 Å². The van der Waals surface area contributed by atoms with E-state index in [2.05, 4.69) is 95.7 Å². The maximum Gasteiger partial charge on any atom is 0.494 e. The Bertz CT molecular complexity index is 967. The molecule has 0 N–H and O–H groups in total. The summed E-state index contributed by atoms with van der Waals surface area (Å²) in [5, 5.41) is 0. The van der Waals surface area contributed by atoms with Crippen LogP contribution in [-0.2, 0) is 9.31 Å². The highest BCUT2D eigenvalue weighted by Crippen LogP contribution is 2.36. The number of nitrogens with zero attached hydrogens (tertiary/aromatic N) is 1. The first-order valence-corrected chi connectivity index (χ1v) is 11.4. The number of rotatable bonds is 6. The average Bonchev–Trinajstić information content (AvgIpc) is 3.14. The molecule has 0 atom stereocenters. The van der Waals surface area contributed by atoms with Crippen LogP contribution in [0, 0.1) is 13.8 Å². The Kier molecular flexibility index (Phi) is 8.33. The van der Waals surface area contributed by atoms with Crippen LogP contribution < -0.4 is 5.46 Å². The van der Waals surface area contributed by atoms with E-state index in [1.807, 2.05) is 26.0 Å². The topological polar surface area (TPSA) is 23.4 Å². The van der Waals surface area contributed by atoms with Gasteiger partial charge in [0.15, 0.2) is 0 Å². The first kappa shape index (κ1) is 25.7. The maximum atomic E-state index is 6.27. The molecule has 0 unspecified atom stereocenters. The van der Waals surface area contributed by atoms with E-state index in [0.29, 0.717) is 0 Å². The van der Waals surface area contributed by atoms with E-state index in [-0.39, 0.29) is 11.2 Å². The summed E-state index contributed by atoms with van der Waals surface area (Å²) in [5.41, 5.74) is 6.05. The molecule has 1 fully saturated rings. The Hall–Kier alpha value is -2.56. The molecule has 1 aromatic carbocycles. The van der Waals surface area contributed by atoms with Crippen molar-refractivity contribution in [2.24, 2.45) is 0 Å². The van der Waals surface area contributed by atoms with Crippen LogP contribution in [0.15, 0.2) is 61.7 Å². The lowest BCUT2D eigenvalue weighted by Crippen LogP contribution is -2.41. The van der Waals surface area contributed by atoms with Gasteiger partial charge in [0.05, 0.1) is 11.2 Å². The van der Waals surface area contributed by atoms with Gasteiger partial charge in [-0.25, -0.2) is 0 Å². The Morgan fingerprint density at radius 3 is 1.75 bits per heavy atom. The van der Waals surface area contributed by atoms with Crippen molar-refractivity contribution in [1.29, 1.82) is 0 Å². The summed E-state index contributed by atoms with van der Waals surface area (Å²) in [5.74, 6) is 0. The number of aromatic nitrogens is 1. The third-order valence-corrected chi connectivity index (χ3v) is 6.25. The van der Waals surface area contributed by atoms with Crippen LogP contribution in [0.2, 0.25) is 0 Å². The second-order valence-electron chi connectivity index (χ2n) is 8.73. The molecule has 3 nitrogen and oxygen atoms in total. The molecule has 170 valence electrons. The van der Waals surface area contributed by atoms with Crippen molar-refractivity contribution in [3.05, 3.63) is 84.2 Å². The van der Waals surface area contributed by atoms with Gasteiger partial charge in [-0.3, -0.25) is 0 Å². The molecule has 0 amide bonds. The average molecular weight is 431 g/mol. The molecular formula is C28H38BNO2. The van der Waals surface area contributed by atoms with Crippen LogP contribution in [0.3, 0.4) is 0 Å². The summed E-state index contributed by atoms with van der Waals surface area (Å²) >= 11 is 0. The van der Waals surface area contributed by atoms with Gasteiger partial charge < -0.3 is 13.9 Å². The Morgan fingerprint density at radius 2 is 1.31 bits per heavy atom. The monoisotopic (exact) mass is 431 g/mol. The van der Waals surface area contributed by atoms with Crippen LogP contribution in [0.4, 0.5) is 0 Å². The van der Waals surface area contributed by atoms with Crippen LogP contribution in [0.5, 0.6) is 0 Å². The predicted octanol–water partition coefficient (Wildman–Crippen LogP) is 6.82. The lowest BCUT2D eigenvalue weighted by Gasteiger charge is -2.32. The first-order valence-electron chi connectivity index (χ1n) is 11.4. The minimum atomic E-state index is -0.396. The van der Waals surface area contributed by atoms with Gasteiger partial charge in [0, 0.05) is 17.1 Å². The SMILES string of the molecule is C=C/C=C\c1c(C)c(C)c(/C=C\C=C)n1-c1cccc(B2OC(C)(C)C(C)(C)O2)c1.CC. The number of hydrogen-bond donors (Lipinski definition) is 0. The molecule has 0 aliphatic carbocycles. The van der Waals surface area contributed by atoms with Gasteiger partial charge in [-0.15, -0.1) is 0 Å². The van der Waals surface area contributed by atoms with E-state index < -0.39 is 7.12 Å². The Morgan fingerprint density at radius 1 is 0.844 bits per heavy atom. The van der Waals surface area contributed by atoms with Gasteiger partial charge in [-0.2, -0.15) is 0 Å². The van der Waals surface area contributed by atoms with Crippen molar-refractivity contribution in [2.45, 2.75) is 66.6 Å². The van der Waals surface area contributed by atoms with Crippen LogP contribution in [-0.4, -0.2) is 22.9 Å². The zero-order chi connectivity index (χ0) is 24.1. The van der Waals surface area contributed by atoms with Crippen molar-refractivity contribution in [1.82, 2.24) is 4.57 Å². The van der Waals surface area contributed by atoms with Crippen molar-refractivity contribution in [3.8, 4) is 5.69 Å². The standard InChI is InChI=1S/C26H32BNO2.C2H6/c1-9-11-16-23-19(3)20(4)24(17-12-10-2)28(23)22-15-13-14-21(18-22)27-29-25(5,6)26(7,8)30-27;1-2/h9-18H,1-2H2,3-8H3;1-2H3/b16-11-,17-12-;. The highest BCUT2D eigenvalue weighted by molar-refractivity contribution is 6.62. The first-order chi connectivity index (χ1) is 15.1. The summed E-state index contributed by atoms with van der Waals surface area (Å²) in [6.45, 7) is 24.3. The summed E-state index contributed by atoms with van der Waals surface area (Å²) in [6.07, 6.45) is 11.7. The lowest BCUT2D eigenvalue weighted by atomic mass is 9.79. The number of allylic oxidation sites excluding steroid dienone is 4. The number of hydrogen-bond acceptors (Lipinski definition) is 2. The summed E-state index contributed by atoms with van der Waals surface area (Å²) in [4.78, 5) is 0. The molecule has 0 spiro atoms. The fraction of sp³-hybridized carbons (Fsp3) is 0.357. The van der Waals surface area contributed by atoms with E-state index in [4.69, 9.17) is 9.31 Å². The fourth-order valence-corrected chi connectivity index (χ4v) is 3.63. The molecule has 1 saturated heterocycles. The Balaban J connectivity index is 0.00000176. The molecule has 0 radical (unpaired) electrons. The van der Waals surface area contributed by atoms with Crippen molar-refractivity contribution in [2.75, 3.05) is 0 Å². The highest BCUT2D eigenvalue weighted by atomic mass is 16.7. The quantitative estimate of drug-likeness (QED) is 0.370. The molecule has 4 heteroatoms. The minimum absolute atomic E-state index is 0.371. The second kappa shape index (κ2) is 10.4. The highest BCUT2D eigenvalue weighted by Gasteiger charge is 2.51. The van der Waals surface area contributed by atoms with E-state index in [1.165, 1.54) is 11.1 Å². The van der Waals surface area contributed by atoms with E-state index in [0.717, 1.165) is 22.5 Å². The van der Waals surface area contributed by atoms with Crippen molar-refractivity contribution >= 4 is 24.7 Å². The third-order valence-electron chi connectivity index (χ3n) is 6.25. The fourth-order valence-electron chi connectivity index (χ4n) is 3.63. The van der Waals surface area contributed by atoms with Crippen LogP contribution >= 0.6 is 0 Å². The molecule has 2 heterocycles. The second-order valence-corrected chi connectivity index (χ2v) is 8.73. The molecule has 32 heavy (non-hydrogen) atoms. The molecule has 0 bridgehead atoms. The zero-order valence-corrected chi connectivity index (χ0v) is 21.0. The van der Waals surface area contributed by atoms with Gasteiger partial charge in [-0.05, 0) is 82.4 Å².